The maximum absolute atomic E-state index is 13.6. The Morgan fingerprint density at radius 1 is 1.36 bits per heavy atom. The van der Waals surface area contributed by atoms with Crippen molar-refractivity contribution in [3.05, 3.63) is 35.1 Å². The van der Waals surface area contributed by atoms with Crippen molar-refractivity contribution in [1.29, 1.82) is 0 Å². The molecule has 0 radical (unpaired) electrons. The molecule has 1 nitrogen and oxygen atoms in total. The lowest BCUT2D eigenvalue weighted by atomic mass is 9.85. The summed E-state index contributed by atoms with van der Waals surface area (Å²) < 4.78 is 13.6. The number of hydrogen-bond acceptors (Lipinski definition) is 1. The van der Waals surface area contributed by atoms with Crippen LogP contribution in [0.5, 0.6) is 0 Å². The third-order valence-electron chi connectivity index (χ3n) is 2.49. The third-order valence-corrected chi connectivity index (χ3v) is 2.49. The minimum absolute atomic E-state index is 0.0331. The highest BCUT2D eigenvalue weighted by Gasteiger charge is 2.18. The summed E-state index contributed by atoms with van der Waals surface area (Å²) in [6.07, 6.45) is 0.691. The summed E-state index contributed by atoms with van der Waals surface area (Å²) in [5.41, 5.74) is 7.06. The summed E-state index contributed by atoms with van der Waals surface area (Å²) in [4.78, 5) is 0. The van der Waals surface area contributed by atoms with Gasteiger partial charge in [-0.3, -0.25) is 0 Å². The van der Waals surface area contributed by atoms with E-state index in [1.807, 2.05) is 12.1 Å². The minimum atomic E-state index is -0.0889. The Morgan fingerprint density at radius 2 is 2.00 bits per heavy atom. The Hall–Kier alpha value is -0.890. The van der Waals surface area contributed by atoms with Crippen molar-refractivity contribution in [3.63, 3.8) is 0 Å². The van der Waals surface area contributed by atoms with Crippen molar-refractivity contribution in [2.45, 2.75) is 27.2 Å². The molecule has 0 saturated carbocycles. The summed E-state index contributed by atoms with van der Waals surface area (Å²) in [5, 5.41) is 0. The Balaban J connectivity index is 2.92. The van der Waals surface area contributed by atoms with Gasteiger partial charge in [-0.1, -0.05) is 32.0 Å². The molecule has 0 aliphatic rings. The van der Waals surface area contributed by atoms with Crippen LogP contribution >= 0.6 is 0 Å². The van der Waals surface area contributed by atoms with Gasteiger partial charge in [0.25, 0.3) is 0 Å². The summed E-state index contributed by atoms with van der Waals surface area (Å²) in [6, 6.07) is 5.51. The van der Waals surface area contributed by atoms with E-state index < -0.39 is 0 Å². The SMILES string of the molecule is Cc1cccc(CC(C)(C)CN)c1F. The normalized spacial score (nSPS) is 11.8. The van der Waals surface area contributed by atoms with Crippen LogP contribution in [0, 0.1) is 18.2 Å². The number of hydrogen-bond donors (Lipinski definition) is 1. The molecule has 0 aliphatic heterocycles. The summed E-state index contributed by atoms with van der Waals surface area (Å²) in [5.74, 6) is -0.0889. The molecule has 2 heteroatoms. The molecule has 0 amide bonds. The number of benzene rings is 1. The zero-order valence-corrected chi connectivity index (χ0v) is 9.10. The van der Waals surface area contributed by atoms with E-state index in [1.165, 1.54) is 0 Å². The van der Waals surface area contributed by atoms with Crippen LogP contribution in [0.25, 0.3) is 0 Å². The number of aryl methyl sites for hydroxylation is 1. The molecule has 1 aromatic rings. The summed E-state index contributed by atoms with van der Waals surface area (Å²) in [7, 11) is 0. The van der Waals surface area contributed by atoms with Crippen LogP contribution in [0.15, 0.2) is 18.2 Å². The highest BCUT2D eigenvalue weighted by molar-refractivity contribution is 5.25. The molecule has 1 rings (SSSR count). The van der Waals surface area contributed by atoms with Gasteiger partial charge >= 0.3 is 0 Å². The van der Waals surface area contributed by atoms with E-state index in [0.29, 0.717) is 18.5 Å². The van der Waals surface area contributed by atoms with Crippen LogP contribution < -0.4 is 5.73 Å². The third kappa shape index (κ3) is 2.55. The van der Waals surface area contributed by atoms with Gasteiger partial charge in [-0.05, 0) is 36.4 Å². The predicted molar refractivity (Wildman–Crippen MR) is 57.7 cm³/mol. The van der Waals surface area contributed by atoms with Crippen LogP contribution in [-0.4, -0.2) is 6.54 Å². The maximum atomic E-state index is 13.6. The fourth-order valence-electron chi connectivity index (χ4n) is 1.43. The van der Waals surface area contributed by atoms with Gasteiger partial charge in [0.2, 0.25) is 0 Å². The highest BCUT2D eigenvalue weighted by atomic mass is 19.1. The number of nitrogens with two attached hydrogens (primary N) is 1. The van der Waals surface area contributed by atoms with Gasteiger partial charge in [0.15, 0.2) is 0 Å². The van der Waals surface area contributed by atoms with Crippen molar-refractivity contribution < 1.29 is 4.39 Å². The van der Waals surface area contributed by atoms with Crippen LogP contribution in [-0.2, 0) is 6.42 Å². The summed E-state index contributed by atoms with van der Waals surface area (Å²) in [6.45, 7) is 6.46. The monoisotopic (exact) mass is 195 g/mol. The molecule has 0 heterocycles. The van der Waals surface area contributed by atoms with Crippen LogP contribution in [0.2, 0.25) is 0 Å². The van der Waals surface area contributed by atoms with Crippen molar-refractivity contribution in [3.8, 4) is 0 Å². The van der Waals surface area contributed by atoms with Crippen LogP contribution in [0.1, 0.15) is 25.0 Å². The predicted octanol–water partition coefficient (Wildman–Crippen LogP) is 2.66. The van der Waals surface area contributed by atoms with E-state index in [9.17, 15) is 4.39 Å². The van der Waals surface area contributed by atoms with Gasteiger partial charge in [-0.15, -0.1) is 0 Å². The van der Waals surface area contributed by atoms with Crippen molar-refractivity contribution in [2.24, 2.45) is 11.1 Å². The standard InChI is InChI=1S/C12H18FN/c1-9-5-4-6-10(11(9)13)7-12(2,3)8-14/h4-6H,7-8,14H2,1-3H3. The van der Waals surface area contributed by atoms with Gasteiger partial charge in [-0.2, -0.15) is 0 Å². The fourth-order valence-corrected chi connectivity index (χ4v) is 1.43. The smallest absolute Gasteiger partial charge is 0.129 e. The Morgan fingerprint density at radius 3 is 2.57 bits per heavy atom. The largest absolute Gasteiger partial charge is 0.330 e. The van der Waals surface area contributed by atoms with E-state index in [0.717, 1.165) is 5.56 Å². The van der Waals surface area contributed by atoms with E-state index in [1.54, 1.807) is 13.0 Å². The molecule has 0 aromatic heterocycles. The van der Waals surface area contributed by atoms with Crippen LogP contribution in [0.3, 0.4) is 0 Å². The Labute approximate surface area is 85.1 Å². The molecule has 2 N–H and O–H groups in total. The molecule has 0 unspecified atom stereocenters. The second-order valence-corrected chi connectivity index (χ2v) is 4.59. The minimum Gasteiger partial charge on any atom is -0.330 e. The van der Waals surface area contributed by atoms with Gasteiger partial charge in [-0.25, -0.2) is 4.39 Å². The first-order chi connectivity index (χ1) is 6.46. The van der Waals surface area contributed by atoms with E-state index in [4.69, 9.17) is 5.73 Å². The van der Waals surface area contributed by atoms with Gasteiger partial charge < -0.3 is 5.73 Å². The second-order valence-electron chi connectivity index (χ2n) is 4.59. The maximum Gasteiger partial charge on any atom is 0.129 e. The first kappa shape index (κ1) is 11.2. The quantitative estimate of drug-likeness (QED) is 0.788. The lowest BCUT2D eigenvalue weighted by Crippen LogP contribution is -2.26. The molecular weight excluding hydrogens is 177 g/mol. The first-order valence-corrected chi connectivity index (χ1v) is 4.90. The lowest BCUT2D eigenvalue weighted by Gasteiger charge is -2.22. The molecule has 0 aliphatic carbocycles. The van der Waals surface area contributed by atoms with Crippen molar-refractivity contribution in [1.82, 2.24) is 0 Å². The molecule has 0 saturated heterocycles. The van der Waals surface area contributed by atoms with E-state index in [-0.39, 0.29) is 11.2 Å². The highest BCUT2D eigenvalue weighted by Crippen LogP contribution is 2.23. The number of halogens is 1. The molecule has 0 atom stereocenters. The van der Waals surface area contributed by atoms with E-state index >= 15 is 0 Å². The molecule has 0 fully saturated rings. The average molecular weight is 195 g/mol. The average Bonchev–Trinajstić information content (AvgIpc) is 2.13. The first-order valence-electron chi connectivity index (χ1n) is 4.90. The topological polar surface area (TPSA) is 26.0 Å². The number of rotatable bonds is 3. The molecule has 14 heavy (non-hydrogen) atoms. The fraction of sp³-hybridized carbons (Fsp3) is 0.500. The molecule has 1 aromatic carbocycles. The van der Waals surface area contributed by atoms with Gasteiger partial charge in [0, 0.05) is 0 Å². The summed E-state index contributed by atoms with van der Waals surface area (Å²) >= 11 is 0. The van der Waals surface area contributed by atoms with E-state index in [2.05, 4.69) is 13.8 Å². The van der Waals surface area contributed by atoms with Crippen molar-refractivity contribution >= 4 is 0 Å². The van der Waals surface area contributed by atoms with Gasteiger partial charge in [0.05, 0.1) is 0 Å². The zero-order valence-electron chi connectivity index (χ0n) is 9.10. The molecular formula is C12H18FN. The van der Waals surface area contributed by atoms with Crippen molar-refractivity contribution in [2.75, 3.05) is 6.54 Å². The zero-order chi connectivity index (χ0) is 10.8. The molecule has 78 valence electrons. The Bertz CT molecular complexity index is 318. The lowest BCUT2D eigenvalue weighted by molar-refractivity contribution is 0.369. The second kappa shape index (κ2) is 4.09. The van der Waals surface area contributed by atoms with Gasteiger partial charge in [0.1, 0.15) is 5.82 Å². The molecule has 0 spiro atoms. The van der Waals surface area contributed by atoms with Crippen LogP contribution in [0.4, 0.5) is 4.39 Å². The molecule has 0 bridgehead atoms. The Kier molecular flexibility index (Phi) is 3.27.